The Morgan fingerprint density at radius 1 is 1.11 bits per heavy atom. The number of carbonyl (C=O) groups is 1. The summed E-state index contributed by atoms with van der Waals surface area (Å²) in [5.74, 6) is 0.0217. The molecule has 2 aromatic carbocycles. The Bertz CT molecular complexity index is 1180. The second-order valence-electron chi connectivity index (χ2n) is 6.77. The highest BCUT2D eigenvalue weighted by Gasteiger charge is 2.20. The second kappa shape index (κ2) is 7.16. The zero-order valence-electron chi connectivity index (χ0n) is 15.8. The molecule has 0 aliphatic heterocycles. The smallest absolute Gasteiger partial charge is 0.237 e. The van der Waals surface area contributed by atoms with Gasteiger partial charge in [-0.25, -0.2) is 0 Å². The Labute approximate surface area is 166 Å². The van der Waals surface area contributed by atoms with E-state index in [4.69, 9.17) is 0 Å². The van der Waals surface area contributed by atoms with Crippen LogP contribution in [0.15, 0.2) is 53.7 Å². The Kier molecular flexibility index (Phi) is 4.68. The lowest BCUT2D eigenvalue weighted by molar-refractivity contribution is -0.115. The summed E-state index contributed by atoms with van der Waals surface area (Å²) in [5, 5.41) is 22.3. The number of hydrogen-bond acceptors (Lipinski definition) is 5. The molecule has 0 spiro atoms. The topological polar surface area (TPSA) is 79.5 Å². The molecule has 0 saturated carbocycles. The first-order valence-electron chi connectivity index (χ1n) is 8.94. The van der Waals surface area contributed by atoms with E-state index in [1.54, 1.807) is 12.1 Å². The van der Waals surface area contributed by atoms with Gasteiger partial charge in [-0.15, -0.1) is 10.2 Å². The molecule has 7 heteroatoms. The van der Waals surface area contributed by atoms with E-state index in [1.165, 1.54) is 23.9 Å². The molecular formula is C21H20N4O2S. The SMILES string of the molecule is Cc1cc2nnc(SC(C)C(=O)Nc3ccc(O)cc3)n2c2c(C)cccc12. The van der Waals surface area contributed by atoms with Crippen LogP contribution in [0.4, 0.5) is 5.69 Å². The Hall–Kier alpha value is -3.06. The summed E-state index contributed by atoms with van der Waals surface area (Å²) in [5.41, 5.74) is 4.75. The number of nitrogens with zero attached hydrogens (tertiary/aromatic N) is 3. The first-order valence-corrected chi connectivity index (χ1v) is 9.82. The zero-order chi connectivity index (χ0) is 19.8. The number of aromatic nitrogens is 3. The largest absolute Gasteiger partial charge is 0.508 e. The molecule has 2 heterocycles. The molecule has 2 N–H and O–H groups in total. The average Bonchev–Trinajstić information content (AvgIpc) is 3.06. The Balaban J connectivity index is 1.66. The van der Waals surface area contributed by atoms with Crippen molar-refractivity contribution in [3.8, 4) is 5.75 Å². The number of aromatic hydroxyl groups is 1. The lowest BCUT2D eigenvalue weighted by Crippen LogP contribution is -2.22. The van der Waals surface area contributed by atoms with Crippen molar-refractivity contribution in [2.24, 2.45) is 0 Å². The van der Waals surface area contributed by atoms with Crippen LogP contribution in [0.5, 0.6) is 5.75 Å². The first kappa shape index (κ1) is 18.3. The third kappa shape index (κ3) is 3.29. The number of phenols is 1. The molecule has 1 unspecified atom stereocenters. The number of anilines is 1. The van der Waals surface area contributed by atoms with Gasteiger partial charge in [-0.2, -0.15) is 0 Å². The normalized spacial score (nSPS) is 12.4. The third-order valence-electron chi connectivity index (χ3n) is 4.68. The van der Waals surface area contributed by atoms with E-state index in [0.29, 0.717) is 10.8 Å². The number of pyridine rings is 1. The number of rotatable bonds is 4. The van der Waals surface area contributed by atoms with Gasteiger partial charge in [0.2, 0.25) is 5.91 Å². The number of para-hydroxylation sites is 1. The minimum absolute atomic E-state index is 0.138. The lowest BCUT2D eigenvalue weighted by atomic mass is 10.1. The number of phenolic OH excluding ortho intramolecular Hbond substituents is 1. The van der Waals surface area contributed by atoms with Gasteiger partial charge in [-0.1, -0.05) is 30.0 Å². The molecule has 0 bridgehead atoms. The van der Waals surface area contributed by atoms with Crippen LogP contribution in [0.2, 0.25) is 0 Å². The van der Waals surface area contributed by atoms with E-state index < -0.39 is 0 Å². The molecule has 1 atom stereocenters. The summed E-state index contributed by atoms with van der Waals surface area (Å²) in [4.78, 5) is 12.6. The molecular weight excluding hydrogens is 372 g/mol. The van der Waals surface area contributed by atoms with Gasteiger partial charge in [-0.05, 0) is 62.2 Å². The number of fused-ring (bicyclic) bond motifs is 3. The van der Waals surface area contributed by atoms with Crippen molar-refractivity contribution in [3.05, 3.63) is 59.7 Å². The minimum Gasteiger partial charge on any atom is -0.508 e. The highest BCUT2D eigenvalue weighted by molar-refractivity contribution is 8.00. The number of carbonyl (C=O) groups excluding carboxylic acids is 1. The molecule has 6 nitrogen and oxygen atoms in total. The summed E-state index contributed by atoms with van der Waals surface area (Å²) in [6.07, 6.45) is 0. The molecule has 2 aromatic heterocycles. The molecule has 0 aliphatic rings. The number of aryl methyl sites for hydroxylation is 2. The zero-order valence-corrected chi connectivity index (χ0v) is 16.6. The second-order valence-corrected chi connectivity index (χ2v) is 8.08. The highest BCUT2D eigenvalue weighted by atomic mass is 32.2. The van der Waals surface area contributed by atoms with Gasteiger partial charge in [-0.3, -0.25) is 9.20 Å². The van der Waals surface area contributed by atoms with Gasteiger partial charge < -0.3 is 10.4 Å². The summed E-state index contributed by atoms with van der Waals surface area (Å²) in [7, 11) is 0. The number of nitrogens with one attached hydrogen (secondary N) is 1. The van der Waals surface area contributed by atoms with Crippen LogP contribution in [0.3, 0.4) is 0 Å². The van der Waals surface area contributed by atoms with Crippen LogP contribution in [-0.2, 0) is 4.79 Å². The van der Waals surface area contributed by atoms with E-state index in [1.807, 2.05) is 23.5 Å². The molecule has 0 saturated heterocycles. The van der Waals surface area contributed by atoms with Crippen LogP contribution in [0.1, 0.15) is 18.1 Å². The highest BCUT2D eigenvalue weighted by Crippen LogP contribution is 2.30. The van der Waals surface area contributed by atoms with Gasteiger partial charge in [0.25, 0.3) is 0 Å². The molecule has 0 aliphatic carbocycles. The molecule has 1 amide bonds. The molecule has 142 valence electrons. The fraction of sp³-hybridized carbons (Fsp3) is 0.190. The molecule has 28 heavy (non-hydrogen) atoms. The summed E-state index contributed by atoms with van der Waals surface area (Å²) in [6, 6.07) is 14.6. The van der Waals surface area contributed by atoms with Crippen molar-refractivity contribution >= 4 is 39.9 Å². The van der Waals surface area contributed by atoms with Gasteiger partial charge in [0, 0.05) is 11.1 Å². The number of benzene rings is 2. The van der Waals surface area contributed by atoms with E-state index in [2.05, 4.69) is 41.5 Å². The molecule has 0 fully saturated rings. The maximum atomic E-state index is 12.6. The fourth-order valence-corrected chi connectivity index (χ4v) is 4.07. The molecule has 4 rings (SSSR count). The van der Waals surface area contributed by atoms with Crippen LogP contribution >= 0.6 is 11.8 Å². The predicted octanol–water partition coefficient (Wildman–Crippen LogP) is 4.32. The quantitative estimate of drug-likeness (QED) is 0.399. The van der Waals surface area contributed by atoms with Crippen molar-refractivity contribution in [3.63, 3.8) is 0 Å². The van der Waals surface area contributed by atoms with Gasteiger partial charge in [0.15, 0.2) is 10.8 Å². The number of amides is 1. The van der Waals surface area contributed by atoms with Gasteiger partial charge in [0.1, 0.15) is 5.75 Å². The third-order valence-corrected chi connectivity index (χ3v) is 5.72. The van der Waals surface area contributed by atoms with Crippen LogP contribution < -0.4 is 5.32 Å². The minimum atomic E-state index is -0.374. The Morgan fingerprint density at radius 3 is 2.61 bits per heavy atom. The Morgan fingerprint density at radius 2 is 1.86 bits per heavy atom. The van der Waals surface area contributed by atoms with Gasteiger partial charge in [0.05, 0.1) is 10.8 Å². The van der Waals surface area contributed by atoms with E-state index >= 15 is 0 Å². The van der Waals surface area contributed by atoms with E-state index in [-0.39, 0.29) is 16.9 Å². The summed E-state index contributed by atoms with van der Waals surface area (Å²) < 4.78 is 2.02. The fourth-order valence-electron chi connectivity index (χ4n) is 3.21. The average molecular weight is 392 g/mol. The standard InChI is InChI=1S/C21H20N4O2S/c1-12-5-4-6-17-13(2)11-18-23-24-21(25(18)19(12)17)28-14(3)20(27)22-15-7-9-16(26)10-8-15/h4-11,14,26H,1-3H3,(H,22,27). The van der Waals surface area contributed by atoms with Crippen LogP contribution in [0, 0.1) is 13.8 Å². The van der Waals surface area contributed by atoms with Crippen molar-refractivity contribution in [1.29, 1.82) is 0 Å². The van der Waals surface area contributed by atoms with Crippen molar-refractivity contribution in [1.82, 2.24) is 14.6 Å². The predicted molar refractivity (Wildman–Crippen MR) is 112 cm³/mol. The molecule has 4 aromatic rings. The molecule has 0 radical (unpaired) electrons. The van der Waals surface area contributed by atoms with Crippen molar-refractivity contribution in [2.75, 3.05) is 5.32 Å². The van der Waals surface area contributed by atoms with Gasteiger partial charge >= 0.3 is 0 Å². The van der Waals surface area contributed by atoms with Crippen molar-refractivity contribution < 1.29 is 9.90 Å². The maximum absolute atomic E-state index is 12.6. The maximum Gasteiger partial charge on any atom is 0.237 e. The van der Waals surface area contributed by atoms with Crippen molar-refractivity contribution in [2.45, 2.75) is 31.2 Å². The van der Waals surface area contributed by atoms with Crippen LogP contribution in [0.25, 0.3) is 16.6 Å². The number of thioether (sulfide) groups is 1. The van der Waals surface area contributed by atoms with E-state index in [9.17, 15) is 9.90 Å². The summed E-state index contributed by atoms with van der Waals surface area (Å²) in [6.45, 7) is 5.97. The first-order chi connectivity index (χ1) is 13.4. The number of hydrogen-bond donors (Lipinski definition) is 2. The van der Waals surface area contributed by atoms with Crippen LogP contribution in [-0.4, -0.2) is 30.9 Å². The van der Waals surface area contributed by atoms with E-state index in [0.717, 1.165) is 27.7 Å². The summed E-state index contributed by atoms with van der Waals surface area (Å²) >= 11 is 1.37. The monoisotopic (exact) mass is 392 g/mol. The lowest BCUT2D eigenvalue weighted by Gasteiger charge is -2.13.